The molecule has 13 heavy (non-hydrogen) atoms. The van der Waals surface area contributed by atoms with Crippen molar-refractivity contribution in [3.8, 4) is 0 Å². The molecule has 1 aliphatic rings. The fourth-order valence-electron chi connectivity index (χ4n) is 2.08. The average molecular weight is 181 g/mol. The molecular weight excluding hydrogens is 166 g/mol. The van der Waals surface area contributed by atoms with E-state index in [1.54, 1.807) is 4.68 Å². The zero-order valence-corrected chi connectivity index (χ0v) is 7.99. The maximum atomic E-state index is 10.3. The number of rotatable bonds is 1. The first-order valence-electron chi connectivity index (χ1n) is 4.53. The Hall–Kier alpha value is -0.870. The summed E-state index contributed by atoms with van der Waals surface area (Å²) in [5.74, 6) is 0.177. The van der Waals surface area contributed by atoms with Crippen LogP contribution in [-0.4, -0.2) is 21.4 Å². The van der Waals surface area contributed by atoms with Crippen molar-refractivity contribution in [3.63, 3.8) is 0 Å². The third kappa shape index (κ3) is 1.02. The van der Waals surface area contributed by atoms with Crippen LogP contribution in [0.3, 0.4) is 0 Å². The topological polar surface area (TPSA) is 64.1 Å². The van der Waals surface area contributed by atoms with Crippen molar-refractivity contribution in [2.24, 2.45) is 18.7 Å². The molecular formula is C9H15N3O. The summed E-state index contributed by atoms with van der Waals surface area (Å²) in [6.45, 7) is 2.28. The number of hydrogen-bond acceptors (Lipinski definition) is 3. The normalized spacial score (nSPS) is 32.2. The summed E-state index contributed by atoms with van der Waals surface area (Å²) in [6.07, 6.45) is 2.69. The largest absolute Gasteiger partial charge is 0.383 e. The zero-order valence-electron chi connectivity index (χ0n) is 7.99. The number of nitrogens with two attached hydrogens (primary N) is 1. The minimum Gasteiger partial charge on any atom is -0.383 e. The van der Waals surface area contributed by atoms with E-state index >= 15 is 0 Å². The molecule has 0 aliphatic heterocycles. The number of hydrogen-bond donors (Lipinski definition) is 2. The first kappa shape index (κ1) is 8.72. The van der Waals surface area contributed by atoms with Crippen LogP contribution in [0.1, 0.15) is 18.2 Å². The van der Waals surface area contributed by atoms with Crippen molar-refractivity contribution in [3.05, 3.63) is 17.5 Å². The number of aliphatic hydroxyl groups is 1. The van der Waals surface area contributed by atoms with Crippen LogP contribution >= 0.6 is 0 Å². The van der Waals surface area contributed by atoms with Crippen LogP contribution in [0.2, 0.25) is 0 Å². The first-order chi connectivity index (χ1) is 6.08. The molecule has 0 bridgehead atoms. The Kier molecular flexibility index (Phi) is 1.72. The van der Waals surface area contributed by atoms with Gasteiger partial charge in [-0.1, -0.05) is 6.92 Å². The summed E-state index contributed by atoms with van der Waals surface area (Å²) in [4.78, 5) is 0. The van der Waals surface area contributed by atoms with Gasteiger partial charge in [0, 0.05) is 25.4 Å². The van der Waals surface area contributed by atoms with Gasteiger partial charge in [0.05, 0.1) is 5.69 Å². The molecule has 0 amide bonds. The molecule has 0 saturated carbocycles. The highest BCUT2D eigenvalue weighted by Gasteiger charge is 2.43. The molecule has 72 valence electrons. The third-order valence-corrected chi connectivity index (χ3v) is 3.00. The lowest BCUT2D eigenvalue weighted by Gasteiger charge is -2.26. The standard InChI is InChI=1S/C9H15N3O/c1-6-3-8-7(4-12(2)11-8)9(6,13)5-10/h4,6,13H,3,5,10H2,1-2H3. The van der Waals surface area contributed by atoms with Gasteiger partial charge in [-0.25, -0.2) is 0 Å². The Morgan fingerprint density at radius 3 is 3.15 bits per heavy atom. The van der Waals surface area contributed by atoms with Gasteiger partial charge < -0.3 is 10.8 Å². The second kappa shape index (κ2) is 2.56. The molecule has 0 saturated heterocycles. The molecule has 4 heteroatoms. The second-order valence-corrected chi connectivity index (χ2v) is 3.90. The Morgan fingerprint density at radius 1 is 1.85 bits per heavy atom. The van der Waals surface area contributed by atoms with Crippen molar-refractivity contribution in [1.82, 2.24) is 9.78 Å². The van der Waals surface area contributed by atoms with E-state index < -0.39 is 5.60 Å². The van der Waals surface area contributed by atoms with Gasteiger partial charge in [0.15, 0.2) is 0 Å². The lowest BCUT2D eigenvalue weighted by atomic mass is 9.89. The highest BCUT2D eigenvalue weighted by Crippen LogP contribution is 2.39. The van der Waals surface area contributed by atoms with Crippen molar-refractivity contribution in [2.75, 3.05) is 6.54 Å². The predicted molar refractivity (Wildman–Crippen MR) is 49.0 cm³/mol. The van der Waals surface area contributed by atoms with Gasteiger partial charge in [0.2, 0.25) is 0 Å². The highest BCUT2D eigenvalue weighted by molar-refractivity contribution is 5.32. The van der Waals surface area contributed by atoms with Gasteiger partial charge in [0.25, 0.3) is 0 Å². The van der Waals surface area contributed by atoms with Gasteiger partial charge in [-0.15, -0.1) is 0 Å². The van der Waals surface area contributed by atoms with Gasteiger partial charge in [-0.3, -0.25) is 4.68 Å². The van der Waals surface area contributed by atoms with Gasteiger partial charge in [0.1, 0.15) is 5.60 Å². The third-order valence-electron chi connectivity index (χ3n) is 3.00. The molecule has 0 fully saturated rings. The van der Waals surface area contributed by atoms with E-state index in [1.165, 1.54) is 0 Å². The molecule has 1 heterocycles. The Morgan fingerprint density at radius 2 is 2.54 bits per heavy atom. The van der Waals surface area contributed by atoms with Crippen LogP contribution in [0.25, 0.3) is 0 Å². The quantitative estimate of drug-likeness (QED) is 0.628. The Balaban J connectivity index is 2.50. The highest BCUT2D eigenvalue weighted by atomic mass is 16.3. The second-order valence-electron chi connectivity index (χ2n) is 3.90. The Labute approximate surface area is 77.4 Å². The number of nitrogens with zero attached hydrogens (tertiary/aromatic N) is 2. The maximum absolute atomic E-state index is 10.3. The molecule has 0 spiro atoms. The molecule has 2 atom stereocenters. The first-order valence-corrected chi connectivity index (χ1v) is 4.53. The van der Waals surface area contributed by atoms with Crippen LogP contribution in [0.15, 0.2) is 6.20 Å². The van der Waals surface area contributed by atoms with E-state index in [9.17, 15) is 5.11 Å². The van der Waals surface area contributed by atoms with Gasteiger partial charge in [-0.2, -0.15) is 5.10 Å². The summed E-state index contributed by atoms with van der Waals surface area (Å²) < 4.78 is 1.73. The molecule has 0 aromatic carbocycles. The summed E-state index contributed by atoms with van der Waals surface area (Å²) in [7, 11) is 1.86. The number of aromatic nitrogens is 2. The SMILES string of the molecule is CC1Cc2nn(C)cc2C1(O)CN. The van der Waals surface area contributed by atoms with Crippen LogP contribution < -0.4 is 5.73 Å². The zero-order chi connectivity index (χ0) is 9.64. The average Bonchev–Trinajstić information content (AvgIpc) is 2.53. The van der Waals surface area contributed by atoms with Crippen LogP contribution in [-0.2, 0) is 19.1 Å². The molecule has 4 nitrogen and oxygen atoms in total. The summed E-state index contributed by atoms with van der Waals surface area (Å²) in [6, 6.07) is 0. The molecule has 1 aromatic heterocycles. The lowest BCUT2D eigenvalue weighted by Crippen LogP contribution is -2.38. The maximum Gasteiger partial charge on any atom is 0.108 e. The molecule has 0 radical (unpaired) electrons. The number of fused-ring (bicyclic) bond motifs is 1. The molecule has 2 unspecified atom stereocenters. The predicted octanol–water partition coefficient (Wildman–Crippen LogP) is -0.241. The molecule has 1 aromatic rings. The van der Waals surface area contributed by atoms with E-state index in [4.69, 9.17) is 5.73 Å². The van der Waals surface area contributed by atoms with Crippen molar-refractivity contribution >= 4 is 0 Å². The van der Waals surface area contributed by atoms with Crippen LogP contribution in [0.4, 0.5) is 0 Å². The minimum absolute atomic E-state index is 0.177. The fourth-order valence-corrected chi connectivity index (χ4v) is 2.08. The molecule has 3 N–H and O–H groups in total. The van der Waals surface area contributed by atoms with Crippen LogP contribution in [0.5, 0.6) is 0 Å². The summed E-state index contributed by atoms with van der Waals surface area (Å²) in [5.41, 5.74) is 6.63. The van der Waals surface area contributed by atoms with Gasteiger partial charge >= 0.3 is 0 Å². The summed E-state index contributed by atoms with van der Waals surface area (Å²) >= 11 is 0. The monoisotopic (exact) mass is 181 g/mol. The Bertz CT molecular complexity index is 334. The van der Waals surface area contributed by atoms with E-state index in [1.807, 2.05) is 20.2 Å². The fraction of sp³-hybridized carbons (Fsp3) is 0.667. The smallest absolute Gasteiger partial charge is 0.108 e. The minimum atomic E-state index is -0.858. The van der Waals surface area contributed by atoms with Crippen molar-refractivity contribution in [1.29, 1.82) is 0 Å². The lowest BCUT2D eigenvalue weighted by molar-refractivity contribution is 0.00447. The van der Waals surface area contributed by atoms with Crippen molar-refractivity contribution < 1.29 is 5.11 Å². The van der Waals surface area contributed by atoms with Crippen molar-refractivity contribution in [2.45, 2.75) is 18.9 Å². The molecule has 1 aliphatic carbocycles. The molecule has 2 rings (SSSR count). The van der Waals surface area contributed by atoms with E-state index in [0.29, 0.717) is 0 Å². The summed E-state index contributed by atoms with van der Waals surface area (Å²) in [5, 5.41) is 14.5. The van der Waals surface area contributed by atoms with Gasteiger partial charge in [-0.05, 0) is 12.3 Å². The van der Waals surface area contributed by atoms with E-state index in [0.717, 1.165) is 17.7 Å². The van der Waals surface area contributed by atoms with E-state index in [2.05, 4.69) is 5.10 Å². The van der Waals surface area contributed by atoms with Crippen LogP contribution in [0, 0.1) is 5.92 Å². The number of aryl methyl sites for hydroxylation is 1. The van der Waals surface area contributed by atoms with E-state index in [-0.39, 0.29) is 12.5 Å².